The Labute approximate surface area is 108 Å². The average molecular weight is 263 g/mol. The molecule has 0 saturated heterocycles. The molecule has 1 heterocycles. The molecule has 0 unspecified atom stereocenters. The van der Waals surface area contributed by atoms with Crippen LogP contribution in [0.15, 0.2) is 36.7 Å². The lowest BCUT2D eigenvalue weighted by Crippen LogP contribution is -1.94. The maximum absolute atomic E-state index is 13.6. The molecule has 0 radical (unpaired) electrons. The topological polar surface area (TPSA) is 77.3 Å². The molecule has 0 atom stereocenters. The maximum atomic E-state index is 13.6. The van der Waals surface area contributed by atoms with Crippen molar-refractivity contribution in [2.24, 2.45) is 0 Å². The van der Waals surface area contributed by atoms with Crippen molar-refractivity contribution in [3.05, 3.63) is 52.6 Å². The highest BCUT2D eigenvalue weighted by Crippen LogP contribution is 2.28. The summed E-state index contributed by atoms with van der Waals surface area (Å²) in [6.45, 7) is 0. The zero-order chi connectivity index (χ0) is 13.8. The number of halogens is 1. The molecule has 0 spiro atoms. The number of ether oxygens (including phenoxy) is 1. The summed E-state index contributed by atoms with van der Waals surface area (Å²) in [5.41, 5.74) is 0.381. The number of pyridine rings is 1. The van der Waals surface area contributed by atoms with Gasteiger partial charge in [-0.25, -0.2) is 4.39 Å². The molecule has 1 aromatic carbocycles. The van der Waals surface area contributed by atoms with Crippen molar-refractivity contribution in [2.45, 2.75) is 0 Å². The molecule has 0 saturated carbocycles. The first-order valence-electron chi connectivity index (χ1n) is 5.35. The summed E-state index contributed by atoms with van der Waals surface area (Å²) >= 11 is 0. The van der Waals surface area contributed by atoms with E-state index in [1.54, 1.807) is 19.3 Å². The third-order valence-electron chi connectivity index (χ3n) is 2.36. The molecule has 2 rings (SSSR count). The number of nitrogens with one attached hydrogen (secondary N) is 1. The predicted molar refractivity (Wildman–Crippen MR) is 66.9 cm³/mol. The Morgan fingerprint density at radius 3 is 2.79 bits per heavy atom. The second kappa shape index (κ2) is 5.30. The van der Waals surface area contributed by atoms with Gasteiger partial charge in [-0.15, -0.1) is 0 Å². The van der Waals surface area contributed by atoms with Crippen molar-refractivity contribution in [3.8, 4) is 11.5 Å². The Kier molecular flexibility index (Phi) is 3.56. The van der Waals surface area contributed by atoms with Gasteiger partial charge in [-0.1, -0.05) is 0 Å². The Morgan fingerprint density at radius 1 is 1.37 bits per heavy atom. The van der Waals surface area contributed by atoms with Gasteiger partial charge in [0, 0.05) is 19.2 Å². The van der Waals surface area contributed by atoms with Gasteiger partial charge in [0.15, 0.2) is 11.6 Å². The molecule has 0 fully saturated rings. The van der Waals surface area contributed by atoms with Crippen LogP contribution in [0.4, 0.5) is 15.8 Å². The van der Waals surface area contributed by atoms with Crippen molar-refractivity contribution in [1.29, 1.82) is 0 Å². The molecular formula is C12H10FN3O3. The summed E-state index contributed by atoms with van der Waals surface area (Å²) in [5.74, 6) is -0.565. The number of rotatable bonds is 4. The molecule has 1 N–H and O–H groups in total. The van der Waals surface area contributed by atoms with E-state index in [0.29, 0.717) is 11.4 Å². The summed E-state index contributed by atoms with van der Waals surface area (Å²) in [6.07, 6.45) is 3.00. The molecule has 7 heteroatoms. The monoisotopic (exact) mass is 263 g/mol. The van der Waals surface area contributed by atoms with Gasteiger partial charge in [0.05, 0.1) is 29.1 Å². The van der Waals surface area contributed by atoms with E-state index in [1.807, 2.05) is 0 Å². The van der Waals surface area contributed by atoms with Crippen molar-refractivity contribution < 1.29 is 14.1 Å². The van der Waals surface area contributed by atoms with Crippen molar-refractivity contribution >= 4 is 11.4 Å². The fraction of sp³-hybridized carbons (Fsp3) is 0.0833. The standard InChI is InChI=1S/C12H10FN3O3/c1-14-8-4-10(7-15-6-8)19-12-3-2-9(16(17)18)5-11(12)13/h2-7,14H,1H3. The predicted octanol–water partition coefficient (Wildman–Crippen LogP) is 2.96. The van der Waals surface area contributed by atoms with Crippen LogP contribution in [0.2, 0.25) is 0 Å². The first kappa shape index (κ1) is 12.7. The summed E-state index contributed by atoms with van der Waals surface area (Å²) in [4.78, 5) is 13.7. The Morgan fingerprint density at radius 2 is 2.16 bits per heavy atom. The molecule has 98 valence electrons. The highest BCUT2D eigenvalue weighted by molar-refractivity contribution is 5.46. The largest absolute Gasteiger partial charge is 0.453 e. The van der Waals surface area contributed by atoms with E-state index in [9.17, 15) is 14.5 Å². The average Bonchev–Trinajstić information content (AvgIpc) is 2.41. The van der Waals surface area contributed by atoms with E-state index < -0.39 is 10.7 Å². The van der Waals surface area contributed by atoms with E-state index in [0.717, 1.165) is 6.07 Å². The lowest BCUT2D eigenvalue weighted by molar-refractivity contribution is -0.385. The van der Waals surface area contributed by atoms with Gasteiger partial charge in [-0.3, -0.25) is 15.1 Å². The number of hydrogen-bond donors (Lipinski definition) is 1. The van der Waals surface area contributed by atoms with Crippen molar-refractivity contribution in [2.75, 3.05) is 12.4 Å². The third kappa shape index (κ3) is 2.95. The summed E-state index contributed by atoms with van der Waals surface area (Å²) in [5, 5.41) is 13.4. The quantitative estimate of drug-likeness (QED) is 0.677. The van der Waals surface area contributed by atoms with Crippen LogP contribution in [0.5, 0.6) is 11.5 Å². The molecule has 0 aliphatic heterocycles. The number of nitro benzene ring substituents is 1. The molecule has 0 aliphatic carbocycles. The Balaban J connectivity index is 2.25. The van der Waals surface area contributed by atoms with Crippen LogP contribution in [-0.4, -0.2) is 17.0 Å². The second-order valence-electron chi connectivity index (χ2n) is 3.63. The van der Waals surface area contributed by atoms with Gasteiger partial charge in [-0.2, -0.15) is 0 Å². The number of non-ortho nitro benzene ring substituents is 1. The molecule has 0 amide bonds. The lowest BCUT2D eigenvalue weighted by Gasteiger charge is -2.07. The van der Waals surface area contributed by atoms with Crippen molar-refractivity contribution in [1.82, 2.24) is 4.98 Å². The van der Waals surface area contributed by atoms with E-state index in [2.05, 4.69) is 10.3 Å². The summed E-state index contributed by atoms with van der Waals surface area (Å²) in [7, 11) is 1.72. The molecule has 19 heavy (non-hydrogen) atoms. The van der Waals surface area contributed by atoms with Crippen molar-refractivity contribution in [3.63, 3.8) is 0 Å². The maximum Gasteiger partial charge on any atom is 0.272 e. The molecule has 0 aliphatic rings. The normalized spacial score (nSPS) is 10.0. The first-order valence-corrected chi connectivity index (χ1v) is 5.35. The summed E-state index contributed by atoms with van der Waals surface area (Å²) in [6, 6.07) is 4.83. The lowest BCUT2D eigenvalue weighted by atomic mass is 10.3. The van der Waals surface area contributed by atoms with Crippen LogP contribution in [0.25, 0.3) is 0 Å². The van der Waals surface area contributed by atoms with Crippen LogP contribution in [-0.2, 0) is 0 Å². The fourth-order valence-electron chi connectivity index (χ4n) is 1.42. The smallest absolute Gasteiger partial charge is 0.272 e. The number of nitrogens with zero attached hydrogens (tertiary/aromatic N) is 2. The van der Waals surface area contributed by atoms with Crippen LogP contribution < -0.4 is 10.1 Å². The molecule has 6 nitrogen and oxygen atoms in total. The minimum absolute atomic E-state index is 0.0966. The van der Waals surface area contributed by atoms with E-state index in [4.69, 9.17) is 4.74 Å². The molecule has 2 aromatic rings. The molecular weight excluding hydrogens is 253 g/mol. The van der Waals surface area contributed by atoms with Crippen LogP contribution >= 0.6 is 0 Å². The van der Waals surface area contributed by atoms with Crippen LogP contribution in [0.1, 0.15) is 0 Å². The van der Waals surface area contributed by atoms with Crippen LogP contribution in [0, 0.1) is 15.9 Å². The van der Waals surface area contributed by atoms with Gasteiger partial charge in [0.25, 0.3) is 5.69 Å². The number of benzene rings is 1. The SMILES string of the molecule is CNc1cncc(Oc2ccc([N+](=O)[O-])cc2F)c1. The van der Waals surface area contributed by atoms with Gasteiger partial charge in [-0.05, 0) is 6.07 Å². The highest BCUT2D eigenvalue weighted by Gasteiger charge is 2.12. The fourth-order valence-corrected chi connectivity index (χ4v) is 1.42. The highest BCUT2D eigenvalue weighted by atomic mass is 19.1. The minimum Gasteiger partial charge on any atom is -0.453 e. The van der Waals surface area contributed by atoms with Gasteiger partial charge < -0.3 is 10.1 Å². The first-order chi connectivity index (χ1) is 9.10. The number of nitro groups is 1. The minimum atomic E-state index is -0.802. The van der Waals surface area contributed by atoms with E-state index >= 15 is 0 Å². The summed E-state index contributed by atoms with van der Waals surface area (Å²) < 4.78 is 18.9. The number of anilines is 1. The molecule has 1 aromatic heterocycles. The van der Waals surface area contributed by atoms with E-state index in [1.165, 1.54) is 18.3 Å². The van der Waals surface area contributed by atoms with Crippen LogP contribution in [0.3, 0.4) is 0 Å². The zero-order valence-electron chi connectivity index (χ0n) is 9.96. The Hall–Kier alpha value is -2.70. The van der Waals surface area contributed by atoms with Gasteiger partial charge >= 0.3 is 0 Å². The molecule has 0 bridgehead atoms. The van der Waals surface area contributed by atoms with E-state index in [-0.39, 0.29) is 11.4 Å². The van der Waals surface area contributed by atoms with Gasteiger partial charge in [0.1, 0.15) is 5.75 Å². The zero-order valence-corrected chi connectivity index (χ0v) is 9.96. The third-order valence-corrected chi connectivity index (χ3v) is 2.36. The van der Waals surface area contributed by atoms with Gasteiger partial charge in [0.2, 0.25) is 0 Å². The number of aromatic nitrogens is 1. The second-order valence-corrected chi connectivity index (χ2v) is 3.63. The Bertz CT molecular complexity index is 619. The number of hydrogen-bond acceptors (Lipinski definition) is 5.